The summed E-state index contributed by atoms with van der Waals surface area (Å²) in [6, 6.07) is 11.8. The number of hydrogen-bond donors (Lipinski definition) is 2. The Bertz CT molecular complexity index is 1080. The van der Waals surface area contributed by atoms with Gasteiger partial charge in [0, 0.05) is 29.2 Å². The summed E-state index contributed by atoms with van der Waals surface area (Å²) in [6.45, 7) is -0.0187. The van der Waals surface area contributed by atoms with Crippen molar-refractivity contribution in [3.8, 4) is 0 Å². The molecule has 8 nitrogen and oxygen atoms in total. The molecule has 2 aromatic carbocycles. The predicted octanol–water partition coefficient (Wildman–Crippen LogP) is 3.31. The Morgan fingerprint density at radius 3 is 2.84 bits per heavy atom. The van der Waals surface area contributed by atoms with E-state index in [0.717, 1.165) is 11.0 Å². The van der Waals surface area contributed by atoms with Gasteiger partial charge in [-0.05, 0) is 18.2 Å². The number of nitro groups is 1. The van der Waals surface area contributed by atoms with Crippen LogP contribution in [-0.2, 0) is 11.3 Å². The number of ether oxygens (including phenoxy) is 1. The molecule has 25 heavy (non-hydrogen) atoms. The van der Waals surface area contributed by atoms with Gasteiger partial charge in [0.05, 0.1) is 21.5 Å². The molecule has 2 aromatic heterocycles. The van der Waals surface area contributed by atoms with E-state index in [-0.39, 0.29) is 17.9 Å². The van der Waals surface area contributed by atoms with E-state index in [9.17, 15) is 14.9 Å². The fraction of sp³-hybridized carbons (Fsp3) is 0.0588. The van der Waals surface area contributed by atoms with E-state index in [1.807, 2.05) is 24.3 Å². The monoisotopic (exact) mass is 336 g/mol. The Labute approximate surface area is 140 Å². The maximum atomic E-state index is 12.3. The van der Waals surface area contributed by atoms with Crippen LogP contribution in [0, 0.1) is 10.1 Å². The third-order valence-corrected chi connectivity index (χ3v) is 3.87. The summed E-state index contributed by atoms with van der Waals surface area (Å²) in [4.78, 5) is 33.1. The molecule has 0 aliphatic carbocycles. The summed E-state index contributed by atoms with van der Waals surface area (Å²) in [7, 11) is 0. The number of non-ortho nitro benzene ring substituents is 1. The van der Waals surface area contributed by atoms with E-state index >= 15 is 0 Å². The Balaban J connectivity index is 1.57. The molecule has 0 radical (unpaired) electrons. The molecule has 0 aliphatic heterocycles. The van der Waals surface area contributed by atoms with E-state index in [2.05, 4.69) is 15.0 Å². The van der Waals surface area contributed by atoms with Crippen LogP contribution in [0.2, 0.25) is 0 Å². The lowest BCUT2D eigenvalue weighted by atomic mass is 10.1. The van der Waals surface area contributed by atoms with Gasteiger partial charge in [-0.15, -0.1) is 0 Å². The topological polar surface area (TPSA) is 114 Å². The number of aromatic nitrogens is 3. The van der Waals surface area contributed by atoms with Gasteiger partial charge in [0.2, 0.25) is 0 Å². The third kappa shape index (κ3) is 2.69. The van der Waals surface area contributed by atoms with E-state index < -0.39 is 10.9 Å². The van der Waals surface area contributed by atoms with Crippen LogP contribution in [0.4, 0.5) is 5.69 Å². The third-order valence-electron chi connectivity index (χ3n) is 3.87. The van der Waals surface area contributed by atoms with Gasteiger partial charge in [0.15, 0.2) is 0 Å². The number of nitro benzene ring substituents is 1. The number of para-hydroxylation sites is 2. The molecule has 4 aromatic rings. The molecule has 0 fully saturated rings. The standard InChI is InChI=1S/C17H12N4O4/c22-17(25-9-16-19-14-3-1-2-4-15(14)20-16)12-8-18-13-6-5-10(21(23)24)7-11(12)13/h1-8,18H,9H2,(H,19,20). The molecule has 0 atom stereocenters. The van der Waals surface area contributed by atoms with Crippen molar-refractivity contribution in [1.82, 2.24) is 15.0 Å². The minimum absolute atomic E-state index is 0.0187. The molecule has 0 bridgehead atoms. The van der Waals surface area contributed by atoms with Crippen molar-refractivity contribution in [2.24, 2.45) is 0 Å². The molecule has 2 N–H and O–H groups in total. The Kier molecular flexibility index (Phi) is 3.42. The number of nitrogens with one attached hydrogen (secondary N) is 2. The smallest absolute Gasteiger partial charge is 0.340 e. The summed E-state index contributed by atoms with van der Waals surface area (Å²) in [5, 5.41) is 11.4. The maximum absolute atomic E-state index is 12.3. The highest BCUT2D eigenvalue weighted by Crippen LogP contribution is 2.24. The number of H-pyrrole nitrogens is 2. The summed E-state index contributed by atoms with van der Waals surface area (Å²) in [5.41, 5.74) is 2.43. The molecule has 8 heteroatoms. The molecule has 0 saturated carbocycles. The molecule has 0 spiro atoms. The lowest BCUT2D eigenvalue weighted by Crippen LogP contribution is -2.05. The summed E-state index contributed by atoms with van der Waals surface area (Å²) >= 11 is 0. The zero-order valence-corrected chi connectivity index (χ0v) is 12.9. The van der Waals surface area contributed by atoms with E-state index in [1.54, 1.807) is 6.07 Å². The molecule has 0 unspecified atom stereocenters. The van der Waals surface area contributed by atoms with Gasteiger partial charge in [0.25, 0.3) is 5.69 Å². The zero-order valence-electron chi connectivity index (χ0n) is 12.9. The fourth-order valence-corrected chi connectivity index (χ4v) is 2.68. The second kappa shape index (κ2) is 5.75. The van der Waals surface area contributed by atoms with Gasteiger partial charge >= 0.3 is 5.97 Å². The Morgan fingerprint density at radius 2 is 2.04 bits per heavy atom. The van der Waals surface area contributed by atoms with Gasteiger partial charge in [-0.3, -0.25) is 10.1 Å². The van der Waals surface area contributed by atoms with Gasteiger partial charge < -0.3 is 14.7 Å². The second-order valence-corrected chi connectivity index (χ2v) is 5.47. The largest absolute Gasteiger partial charge is 0.454 e. The van der Waals surface area contributed by atoms with Crippen LogP contribution < -0.4 is 0 Å². The number of rotatable bonds is 4. The first kappa shape index (κ1) is 14.9. The van der Waals surface area contributed by atoms with Crippen molar-refractivity contribution in [3.05, 3.63) is 70.2 Å². The molecule has 0 aliphatic rings. The summed E-state index contributed by atoms with van der Waals surface area (Å²) < 4.78 is 5.29. The van der Waals surface area contributed by atoms with Gasteiger partial charge in [-0.2, -0.15) is 0 Å². The number of benzene rings is 2. The number of fused-ring (bicyclic) bond motifs is 2. The highest BCUT2D eigenvalue weighted by Gasteiger charge is 2.17. The molecule has 4 rings (SSSR count). The number of esters is 1. The summed E-state index contributed by atoms with van der Waals surface area (Å²) in [5.74, 6) is -0.0485. The van der Waals surface area contributed by atoms with Crippen molar-refractivity contribution in [3.63, 3.8) is 0 Å². The first-order valence-electron chi connectivity index (χ1n) is 7.48. The number of carbonyl (C=O) groups excluding carboxylic acids is 1. The minimum atomic E-state index is -0.577. The van der Waals surface area contributed by atoms with E-state index in [4.69, 9.17) is 4.74 Å². The number of imidazole rings is 1. The first-order chi connectivity index (χ1) is 12.1. The molecule has 124 valence electrons. The van der Waals surface area contributed by atoms with Gasteiger partial charge in [-0.1, -0.05) is 12.1 Å². The van der Waals surface area contributed by atoms with Crippen LogP contribution in [0.1, 0.15) is 16.2 Å². The van der Waals surface area contributed by atoms with Crippen LogP contribution in [0.5, 0.6) is 0 Å². The normalized spacial score (nSPS) is 11.0. The van der Waals surface area contributed by atoms with Crippen LogP contribution in [0.15, 0.2) is 48.7 Å². The van der Waals surface area contributed by atoms with Crippen LogP contribution in [-0.4, -0.2) is 25.8 Å². The van der Waals surface area contributed by atoms with Gasteiger partial charge in [-0.25, -0.2) is 9.78 Å². The van der Waals surface area contributed by atoms with Gasteiger partial charge in [0.1, 0.15) is 12.4 Å². The average Bonchev–Trinajstić information content (AvgIpc) is 3.22. The highest BCUT2D eigenvalue weighted by atomic mass is 16.6. The number of aromatic amines is 2. The van der Waals surface area contributed by atoms with Crippen molar-refractivity contribution < 1.29 is 14.5 Å². The fourth-order valence-electron chi connectivity index (χ4n) is 2.68. The number of hydrogen-bond acceptors (Lipinski definition) is 5. The van der Waals surface area contributed by atoms with Crippen LogP contribution in [0.25, 0.3) is 21.9 Å². The van der Waals surface area contributed by atoms with Crippen LogP contribution >= 0.6 is 0 Å². The van der Waals surface area contributed by atoms with Crippen molar-refractivity contribution in [2.75, 3.05) is 0 Å². The predicted molar refractivity (Wildman–Crippen MR) is 90.2 cm³/mol. The highest BCUT2D eigenvalue weighted by molar-refractivity contribution is 6.04. The van der Waals surface area contributed by atoms with Crippen molar-refractivity contribution >= 4 is 33.6 Å². The minimum Gasteiger partial charge on any atom is -0.454 e. The summed E-state index contributed by atoms with van der Waals surface area (Å²) in [6.07, 6.45) is 1.48. The van der Waals surface area contributed by atoms with Crippen molar-refractivity contribution in [1.29, 1.82) is 0 Å². The van der Waals surface area contributed by atoms with E-state index in [1.165, 1.54) is 18.3 Å². The molecular weight excluding hydrogens is 324 g/mol. The number of nitrogens with zero attached hydrogens (tertiary/aromatic N) is 2. The van der Waals surface area contributed by atoms with E-state index in [0.29, 0.717) is 16.7 Å². The lowest BCUT2D eigenvalue weighted by molar-refractivity contribution is -0.384. The SMILES string of the molecule is O=C(OCc1nc2ccccc2[nH]1)c1c[nH]c2ccc([N+](=O)[O-])cc12. The second-order valence-electron chi connectivity index (χ2n) is 5.47. The molecule has 0 amide bonds. The molecule has 0 saturated heterocycles. The average molecular weight is 336 g/mol. The lowest BCUT2D eigenvalue weighted by Gasteiger charge is -2.01. The van der Waals surface area contributed by atoms with Crippen LogP contribution in [0.3, 0.4) is 0 Å². The van der Waals surface area contributed by atoms with Crippen molar-refractivity contribution in [2.45, 2.75) is 6.61 Å². The Hall–Kier alpha value is -3.68. The quantitative estimate of drug-likeness (QED) is 0.337. The molecular formula is C17H12N4O4. The Morgan fingerprint density at radius 1 is 1.20 bits per heavy atom. The molecule has 2 heterocycles. The number of carbonyl (C=O) groups is 1. The maximum Gasteiger partial charge on any atom is 0.340 e. The zero-order chi connectivity index (χ0) is 17.4. The first-order valence-corrected chi connectivity index (χ1v) is 7.48.